The molecule has 3 aromatic rings. The molecule has 4 rings (SSSR count). The summed E-state index contributed by atoms with van der Waals surface area (Å²) in [6, 6.07) is 19.2. The minimum absolute atomic E-state index is 0.0557. The number of hydrogen-bond acceptors (Lipinski definition) is 3. The standard InChI is InChI=1S/C24H24ClN3O2/c25-20-6-8-22(9-7-20)30-23-5-1-3-19(16-23)15-18-10-13-28(14-11-18)24(29)27-21-4-2-12-26-17-21/h1-9,12,16-18H,10-11,13-15H2,(H,27,29). The molecule has 0 unspecified atom stereocenters. The van der Waals surface area contributed by atoms with E-state index in [2.05, 4.69) is 22.4 Å². The molecule has 1 aliphatic rings. The van der Waals surface area contributed by atoms with Gasteiger partial charge >= 0.3 is 6.03 Å². The highest BCUT2D eigenvalue weighted by atomic mass is 35.5. The van der Waals surface area contributed by atoms with Crippen LogP contribution in [-0.2, 0) is 6.42 Å². The number of anilines is 1. The Labute approximate surface area is 181 Å². The lowest BCUT2D eigenvalue weighted by Crippen LogP contribution is -2.41. The van der Waals surface area contributed by atoms with Crippen molar-refractivity contribution in [3.8, 4) is 11.5 Å². The molecule has 0 saturated carbocycles. The number of ether oxygens (including phenoxy) is 1. The van der Waals surface area contributed by atoms with Crippen LogP contribution in [0.3, 0.4) is 0 Å². The average Bonchev–Trinajstić information content (AvgIpc) is 2.77. The second kappa shape index (κ2) is 9.63. The van der Waals surface area contributed by atoms with Crippen LogP contribution < -0.4 is 10.1 Å². The minimum Gasteiger partial charge on any atom is -0.457 e. The van der Waals surface area contributed by atoms with Gasteiger partial charge in [0, 0.05) is 24.3 Å². The fourth-order valence-electron chi connectivity index (χ4n) is 3.69. The number of carbonyl (C=O) groups is 1. The first-order valence-electron chi connectivity index (χ1n) is 10.1. The third kappa shape index (κ3) is 5.51. The summed E-state index contributed by atoms with van der Waals surface area (Å²) in [5.41, 5.74) is 1.97. The lowest BCUT2D eigenvalue weighted by molar-refractivity contribution is 0.182. The fourth-order valence-corrected chi connectivity index (χ4v) is 3.81. The Kier molecular flexibility index (Phi) is 6.50. The van der Waals surface area contributed by atoms with Gasteiger partial charge in [-0.3, -0.25) is 4.98 Å². The summed E-state index contributed by atoms with van der Waals surface area (Å²) in [7, 11) is 0. The zero-order valence-electron chi connectivity index (χ0n) is 16.6. The summed E-state index contributed by atoms with van der Waals surface area (Å²) in [4.78, 5) is 18.3. The smallest absolute Gasteiger partial charge is 0.321 e. The third-order valence-electron chi connectivity index (χ3n) is 5.29. The van der Waals surface area contributed by atoms with Crippen LogP contribution in [0.1, 0.15) is 18.4 Å². The van der Waals surface area contributed by atoms with Crippen molar-refractivity contribution in [1.82, 2.24) is 9.88 Å². The van der Waals surface area contributed by atoms with Gasteiger partial charge < -0.3 is 15.0 Å². The lowest BCUT2D eigenvalue weighted by atomic mass is 9.90. The summed E-state index contributed by atoms with van der Waals surface area (Å²) in [6.45, 7) is 1.52. The number of piperidine rings is 1. The van der Waals surface area contributed by atoms with Crippen LogP contribution in [0.2, 0.25) is 5.02 Å². The summed E-state index contributed by atoms with van der Waals surface area (Å²) in [5, 5.41) is 3.60. The fraction of sp³-hybridized carbons (Fsp3) is 0.250. The molecule has 0 atom stereocenters. The van der Waals surface area contributed by atoms with Gasteiger partial charge in [0.05, 0.1) is 11.9 Å². The first kappa shape index (κ1) is 20.2. The van der Waals surface area contributed by atoms with Crippen LogP contribution in [0, 0.1) is 5.92 Å². The number of rotatable bonds is 5. The zero-order valence-corrected chi connectivity index (χ0v) is 17.4. The largest absolute Gasteiger partial charge is 0.457 e. The highest BCUT2D eigenvalue weighted by Gasteiger charge is 2.23. The molecule has 1 N–H and O–H groups in total. The molecule has 6 heteroatoms. The van der Waals surface area contributed by atoms with Crippen LogP contribution in [-0.4, -0.2) is 29.0 Å². The summed E-state index contributed by atoms with van der Waals surface area (Å²) >= 11 is 5.93. The van der Waals surface area contributed by atoms with Gasteiger partial charge in [-0.05, 0) is 79.3 Å². The van der Waals surface area contributed by atoms with E-state index in [0.717, 1.165) is 49.5 Å². The Morgan fingerprint density at radius 1 is 1.07 bits per heavy atom. The number of hydrogen-bond donors (Lipinski definition) is 1. The topological polar surface area (TPSA) is 54.5 Å². The number of nitrogens with zero attached hydrogens (tertiary/aromatic N) is 2. The third-order valence-corrected chi connectivity index (χ3v) is 5.54. The number of amides is 2. The molecule has 0 bridgehead atoms. The molecule has 5 nitrogen and oxygen atoms in total. The number of aromatic nitrogens is 1. The van der Waals surface area contributed by atoms with E-state index in [1.54, 1.807) is 12.4 Å². The number of likely N-dealkylation sites (tertiary alicyclic amines) is 1. The number of pyridine rings is 1. The normalized spacial score (nSPS) is 14.4. The number of benzene rings is 2. The van der Waals surface area contributed by atoms with Gasteiger partial charge in [-0.1, -0.05) is 23.7 Å². The van der Waals surface area contributed by atoms with Crippen molar-refractivity contribution in [2.75, 3.05) is 18.4 Å². The van der Waals surface area contributed by atoms with Gasteiger partial charge in [0.1, 0.15) is 11.5 Å². The molecule has 0 spiro atoms. The highest BCUT2D eigenvalue weighted by Crippen LogP contribution is 2.27. The second-order valence-corrected chi connectivity index (χ2v) is 7.95. The van der Waals surface area contributed by atoms with Gasteiger partial charge in [0.25, 0.3) is 0 Å². The Morgan fingerprint density at radius 3 is 2.60 bits per heavy atom. The SMILES string of the molecule is O=C(Nc1cccnc1)N1CCC(Cc2cccc(Oc3ccc(Cl)cc3)c2)CC1. The second-order valence-electron chi connectivity index (χ2n) is 7.51. The van der Waals surface area contributed by atoms with Crippen molar-refractivity contribution < 1.29 is 9.53 Å². The molecule has 1 saturated heterocycles. The number of nitrogens with one attached hydrogen (secondary N) is 1. The Hall–Kier alpha value is -3.05. The predicted octanol–water partition coefficient (Wildman–Crippen LogP) is 6.01. The monoisotopic (exact) mass is 421 g/mol. The Morgan fingerprint density at radius 2 is 1.87 bits per heavy atom. The van der Waals surface area contributed by atoms with E-state index in [1.807, 2.05) is 53.4 Å². The van der Waals surface area contributed by atoms with Crippen molar-refractivity contribution in [1.29, 1.82) is 0 Å². The first-order valence-corrected chi connectivity index (χ1v) is 10.5. The molecule has 0 aliphatic carbocycles. The highest BCUT2D eigenvalue weighted by molar-refractivity contribution is 6.30. The lowest BCUT2D eigenvalue weighted by Gasteiger charge is -2.32. The summed E-state index contributed by atoms with van der Waals surface area (Å²) < 4.78 is 5.94. The summed E-state index contributed by atoms with van der Waals surface area (Å²) in [6.07, 6.45) is 6.31. The van der Waals surface area contributed by atoms with Crippen LogP contribution in [0.5, 0.6) is 11.5 Å². The van der Waals surface area contributed by atoms with Gasteiger partial charge in [0.2, 0.25) is 0 Å². The maximum absolute atomic E-state index is 12.4. The van der Waals surface area contributed by atoms with Crippen molar-refractivity contribution in [3.63, 3.8) is 0 Å². The minimum atomic E-state index is -0.0557. The van der Waals surface area contributed by atoms with Gasteiger partial charge in [-0.15, -0.1) is 0 Å². The molecule has 2 amide bonds. The molecule has 1 aromatic heterocycles. The number of halogens is 1. The molecule has 30 heavy (non-hydrogen) atoms. The molecular formula is C24H24ClN3O2. The maximum Gasteiger partial charge on any atom is 0.321 e. The van der Waals surface area contributed by atoms with E-state index in [4.69, 9.17) is 16.3 Å². The summed E-state index contributed by atoms with van der Waals surface area (Å²) in [5.74, 6) is 2.14. The molecule has 1 aliphatic heterocycles. The van der Waals surface area contributed by atoms with Crippen LogP contribution in [0.25, 0.3) is 0 Å². The van der Waals surface area contributed by atoms with E-state index in [9.17, 15) is 4.79 Å². The Bertz CT molecular complexity index is 971. The van der Waals surface area contributed by atoms with Crippen LogP contribution >= 0.6 is 11.6 Å². The molecular weight excluding hydrogens is 398 g/mol. The van der Waals surface area contributed by atoms with Crippen LogP contribution in [0.4, 0.5) is 10.5 Å². The zero-order chi connectivity index (χ0) is 20.8. The van der Waals surface area contributed by atoms with Gasteiger partial charge in [-0.2, -0.15) is 0 Å². The molecule has 0 radical (unpaired) electrons. The van der Waals surface area contributed by atoms with Crippen molar-refractivity contribution in [3.05, 3.63) is 83.6 Å². The predicted molar refractivity (Wildman–Crippen MR) is 119 cm³/mol. The average molecular weight is 422 g/mol. The first-order chi connectivity index (χ1) is 14.7. The Balaban J connectivity index is 1.28. The molecule has 1 fully saturated rings. The van der Waals surface area contributed by atoms with E-state index < -0.39 is 0 Å². The van der Waals surface area contributed by atoms with E-state index in [1.165, 1.54) is 5.56 Å². The van der Waals surface area contributed by atoms with E-state index in [0.29, 0.717) is 10.9 Å². The van der Waals surface area contributed by atoms with E-state index in [-0.39, 0.29) is 6.03 Å². The van der Waals surface area contributed by atoms with Crippen molar-refractivity contribution >= 4 is 23.3 Å². The maximum atomic E-state index is 12.4. The quantitative estimate of drug-likeness (QED) is 0.548. The van der Waals surface area contributed by atoms with Crippen LogP contribution in [0.15, 0.2) is 73.1 Å². The molecule has 2 heterocycles. The molecule has 154 valence electrons. The van der Waals surface area contributed by atoms with Gasteiger partial charge in [-0.25, -0.2) is 4.79 Å². The number of carbonyl (C=O) groups excluding carboxylic acids is 1. The molecule has 2 aromatic carbocycles. The van der Waals surface area contributed by atoms with Gasteiger partial charge in [0.15, 0.2) is 0 Å². The van der Waals surface area contributed by atoms with E-state index >= 15 is 0 Å². The van der Waals surface area contributed by atoms with Crippen molar-refractivity contribution in [2.45, 2.75) is 19.3 Å². The van der Waals surface area contributed by atoms with Crippen molar-refractivity contribution in [2.24, 2.45) is 5.92 Å². The number of urea groups is 1.